The third-order valence-electron chi connectivity index (χ3n) is 11.5. The maximum absolute atomic E-state index is 13.2. The van der Waals surface area contributed by atoms with E-state index in [1.165, 1.54) is 128 Å². The van der Waals surface area contributed by atoms with Gasteiger partial charge >= 0.3 is 5.97 Å². The normalized spacial score (nSPS) is 13.6. The van der Waals surface area contributed by atoms with Gasteiger partial charge in [-0.25, -0.2) is 0 Å². The lowest BCUT2D eigenvalue weighted by atomic mass is 10.0. The van der Waals surface area contributed by atoms with Gasteiger partial charge in [0.05, 0.1) is 25.2 Å². The summed E-state index contributed by atoms with van der Waals surface area (Å²) in [6, 6.07) is -0.707. The van der Waals surface area contributed by atoms with Crippen LogP contribution in [0.15, 0.2) is 48.6 Å². The number of aliphatic hydroxyl groups excluding tert-OH is 2. The second kappa shape index (κ2) is 46.9. The molecule has 0 fully saturated rings. The van der Waals surface area contributed by atoms with Crippen molar-refractivity contribution < 1.29 is 24.5 Å². The largest absolute Gasteiger partial charge is 0.462 e. The molecule has 0 aromatic carbocycles. The van der Waals surface area contributed by atoms with Crippen LogP contribution in [-0.2, 0) is 14.3 Å². The molecule has 0 aliphatic heterocycles. The highest BCUT2D eigenvalue weighted by Crippen LogP contribution is 2.17. The van der Waals surface area contributed by atoms with Crippen molar-refractivity contribution >= 4 is 11.9 Å². The monoisotopic (exact) mass is 828 g/mol. The van der Waals surface area contributed by atoms with Crippen LogP contribution in [0.2, 0.25) is 0 Å². The average molecular weight is 828 g/mol. The van der Waals surface area contributed by atoms with Gasteiger partial charge in [-0.05, 0) is 70.6 Å². The fourth-order valence-electron chi connectivity index (χ4n) is 7.60. The first kappa shape index (κ1) is 56.8. The number of esters is 1. The molecule has 0 saturated carbocycles. The molecular weight excluding hydrogens is 731 g/mol. The summed E-state index contributed by atoms with van der Waals surface area (Å²) in [6.45, 7) is 6.33. The lowest BCUT2D eigenvalue weighted by molar-refractivity contribution is -0.151. The highest BCUT2D eigenvalue weighted by molar-refractivity contribution is 5.77. The molecule has 3 unspecified atom stereocenters. The van der Waals surface area contributed by atoms with Crippen LogP contribution in [0.4, 0.5) is 0 Å². The maximum atomic E-state index is 13.2. The molecule has 344 valence electrons. The first-order chi connectivity index (χ1) is 29.0. The van der Waals surface area contributed by atoms with Crippen LogP contribution in [0.3, 0.4) is 0 Å². The predicted molar refractivity (Wildman–Crippen MR) is 255 cm³/mol. The Morgan fingerprint density at radius 1 is 0.508 bits per heavy atom. The van der Waals surface area contributed by atoms with Crippen molar-refractivity contribution in [2.45, 2.75) is 270 Å². The molecule has 0 rings (SSSR count). The van der Waals surface area contributed by atoms with E-state index >= 15 is 0 Å². The van der Waals surface area contributed by atoms with Crippen molar-refractivity contribution in [1.29, 1.82) is 0 Å². The van der Waals surface area contributed by atoms with E-state index in [0.717, 1.165) is 77.0 Å². The molecule has 0 saturated heterocycles. The van der Waals surface area contributed by atoms with Crippen LogP contribution < -0.4 is 5.32 Å². The SMILES string of the molecule is CC/C=C/C=C/C=C/CCCCCCCCCC(=O)OC(CCCCC/C=C/CCCCCCCCCCC)CC(=O)NC(CO)C(O)CCCCCCCCCCC. The van der Waals surface area contributed by atoms with Crippen LogP contribution in [0.1, 0.15) is 252 Å². The third-order valence-corrected chi connectivity index (χ3v) is 11.5. The van der Waals surface area contributed by atoms with Gasteiger partial charge in [0.15, 0.2) is 0 Å². The quantitative estimate of drug-likeness (QED) is 0.0246. The Labute approximate surface area is 366 Å². The Kier molecular flexibility index (Phi) is 45.1. The zero-order valence-corrected chi connectivity index (χ0v) is 39.1. The minimum atomic E-state index is -0.792. The van der Waals surface area contributed by atoms with Gasteiger partial charge in [0.2, 0.25) is 5.91 Å². The van der Waals surface area contributed by atoms with Crippen molar-refractivity contribution in [2.75, 3.05) is 6.61 Å². The van der Waals surface area contributed by atoms with Crippen molar-refractivity contribution in [2.24, 2.45) is 0 Å². The van der Waals surface area contributed by atoms with Crippen LogP contribution in [0.25, 0.3) is 0 Å². The first-order valence-electron chi connectivity index (χ1n) is 25.4. The molecule has 0 radical (unpaired) electrons. The average Bonchev–Trinajstić information content (AvgIpc) is 3.23. The van der Waals surface area contributed by atoms with Gasteiger partial charge in [0.1, 0.15) is 6.10 Å². The Morgan fingerprint density at radius 2 is 0.932 bits per heavy atom. The van der Waals surface area contributed by atoms with Crippen LogP contribution in [0.5, 0.6) is 0 Å². The number of nitrogens with one attached hydrogen (secondary N) is 1. The van der Waals surface area contributed by atoms with Crippen LogP contribution in [0, 0.1) is 0 Å². The zero-order valence-electron chi connectivity index (χ0n) is 39.1. The van der Waals surface area contributed by atoms with Crippen molar-refractivity contribution in [3.05, 3.63) is 48.6 Å². The summed E-state index contributed by atoms with van der Waals surface area (Å²) in [6.07, 6.45) is 56.0. The molecule has 0 aromatic heterocycles. The first-order valence-corrected chi connectivity index (χ1v) is 25.4. The molecule has 3 atom stereocenters. The maximum Gasteiger partial charge on any atom is 0.306 e. The molecule has 0 bridgehead atoms. The van der Waals surface area contributed by atoms with E-state index in [0.29, 0.717) is 19.3 Å². The molecule has 59 heavy (non-hydrogen) atoms. The Hall–Kier alpha value is -2.18. The summed E-state index contributed by atoms with van der Waals surface area (Å²) in [5.74, 6) is -0.499. The number of unbranched alkanes of at least 4 members (excludes halogenated alkanes) is 27. The van der Waals surface area contributed by atoms with Gasteiger partial charge in [0, 0.05) is 6.42 Å². The molecule has 0 aromatic rings. The van der Waals surface area contributed by atoms with E-state index < -0.39 is 18.2 Å². The summed E-state index contributed by atoms with van der Waals surface area (Å²) >= 11 is 0. The van der Waals surface area contributed by atoms with Gasteiger partial charge in [-0.15, -0.1) is 0 Å². The van der Waals surface area contributed by atoms with Crippen LogP contribution >= 0.6 is 0 Å². The van der Waals surface area contributed by atoms with Gasteiger partial charge < -0.3 is 20.3 Å². The number of hydrogen-bond donors (Lipinski definition) is 3. The van der Waals surface area contributed by atoms with E-state index in [-0.39, 0.29) is 24.9 Å². The van der Waals surface area contributed by atoms with E-state index in [2.05, 4.69) is 74.7 Å². The highest BCUT2D eigenvalue weighted by Gasteiger charge is 2.24. The lowest BCUT2D eigenvalue weighted by Gasteiger charge is -2.24. The minimum Gasteiger partial charge on any atom is -0.462 e. The summed E-state index contributed by atoms with van der Waals surface area (Å²) in [7, 11) is 0. The van der Waals surface area contributed by atoms with Gasteiger partial charge in [-0.3, -0.25) is 9.59 Å². The Morgan fingerprint density at radius 3 is 1.44 bits per heavy atom. The van der Waals surface area contributed by atoms with Crippen LogP contribution in [-0.4, -0.2) is 46.9 Å². The van der Waals surface area contributed by atoms with Crippen molar-refractivity contribution in [3.8, 4) is 0 Å². The lowest BCUT2D eigenvalue weighted by Crippen LogP contribution is -2.46. The number of carbonyl (C=O) groups is 2. The summed E-state index contributed by atoms with van der Waals surface area (Å²) in [4.78, 5) is 26.1. The Bertz CT molecular complexity index is 1020. The molecule has 6 nitrogen and oxygen atoms in total. The van der Waals surface area contributed by atoms with E-state index in [4.69, 9.17) is 4.74 Å². The molecule has 6 heteroatoms. The number of hydrogen-bond acceptors (Lipinski definition) is 5. The number of rotatable bonds is 45. The molecule has 0 aliphatic carbocycles. The van der Waals surface area contributed by atoms with Gasteiger partial charge in [-0.2, -0.15) is 0 Å². The number of ether oxygens (including phenoxy) is 1. The molecule has 0 aliphatic rings. The van der Waals surface area contributed by atoms with Crippen molar-refractivity contribution in [3.63, 3.8) is 0 Å². The Balaban J connectivity index is 4.61. The fourth-order valence-corrected chi connectivity index (χ4v) is 7.60. The molecule has 1 amide bonds. The smallest absolute Gasteiger partial charge is 0.306 e. The third kappa shape index (κ3) is 42.3. The summed E-state index contributed by atoms with van der Waals surface area (Å²) in [5.41, 5.74) is 0. The molecule has 0 heterocycles. The van der Waals surface area contributed by atoms with E-state index in [9.17, 15) is 19.8 Å². The molecular formula is C53H97NO5. The highest BCUT2D eigenvalue weighted by atomic mass is 16.5. The number of carbonyl (C=O) groups excluding carboxylic acids is 2. The number of aliphatic hydroxyl groups is 2. The topological polar surface area (TPSA) is 95.9 Å². The zero-order chi connectivity index (χ0) is 43.1. The standard InChI is InChI=1S/C53H97NO5/c1-4-7-10-13-16-19-21-23-25-27-28-30-33-35-38-41-44-49(47-52(57)54-50(48-55)51(56)45-42-39-36-32-18-15-12-9-6-3)59-53(58)46-43-40-37-34-31-29-26-24-22-20-17-14-11-8-5-2/h8,11,14,17,20,22,28,30,49-51,55-56H,4-7,9-10,12-13,15-16,18-19,21,23-27,29,31-48H2,1-3H3,(H,54,57)/b11-8+,17-14+,22-20+,30-28+. The predicted octanol–water partition coefficient (Wildman–Crippen LogP) is 15.1. The fraction of sp³-hybridized carbons (Fsp3) is 0.811. The minimum absolute atomic E-state index is 0.0625. The van der Waals surface area contributed by atoms with E-state index in [1.807, 2.05) is 0 Å². The van der Waals surface area contributed by atoms with Gasteiger partial charge in [-0.1, -0.05) is 217 Å². The number of allylic oxidation sites excluding steroid dienone is 8. The van der Waals surface area contributed by atoms with E-state index in [1.54, 1.807) is 0 Å². The number of amides is 1. The van der Waals surface area contributed by atoms with Crippen molar-refractivity contribution in [1.82, 2.24) is 5.32 Å². The molecule has 0 spiro atoms. The summed E-state index contributed by atoms with van der Waals surface area (Å²) < 4.78 is 5.92. The second-order valence-electron chi connectivity index (χ2n) is 17.2. The molecule has 3 N–H and O–H groups in total. The second-order valence-corrected chi connectivity index (χ2v) is 17.2. The van der Waals surface area contributed by atoms with Gasteiger partial charge in [0.25, 0.3) is 0 Å². The summed E-state index contributed by atoms with van der Waals surface area (Å²) in [5, 5.41) is 23.7.